The lowest BCUT2D eigenvalue weighted by atomic mass is 10.2. The highest BCUT2D eigenvalue weighted by Crippen LogP contribution is 2.30. The summed E-state index contributed by atoms with van der Waals surface area (Å²) in [5.74, 6) is 0.333. The average Bonchev–Trinajstić information content (AvgIpc) is 3.52. The molecular formula is C21H17N5O4S. The summed E-state index contributed by atoms with van der Waals surface area (Å²) < 4.78 is 10.4. The number of amides is 2. The van der Waals surface area contributed by atoms with Crippen molar-refractivity contribution in [2.75, 3.05) is 5.32 Å². The number of nitrogens with one attached hydrogen (secondary N) is 1. The van der Waals surface area contributed by atoms with Gasteiger partial charge in [0.1, 0.15) is 16.8 Å². The van der Waals surface area contributed by atoms with Crippen LogP contribution in [0.1, 0.15) is 17.9 Å². The fourth-order valence-electron chi connectivity index (χ4n) is 2.64. The molecule has 2 amide bonds. The van der Waals surface area contributed by atoms with E-state index in [0.717, 1.165) is 16.8 Å². The summed E-state index contributed by atoms with van der Waals surface area (Å²) in [6, 6.07) is 15.9. The van der Waals surface area contributed by atoms with Gasteiger partial charge in [0.25, 0.3) is 5.91 Å². The number of thioether (sulfide) groups is 1. The summed E-state index contributed by atoms with van der Waals surface area (Å²) in [5.41, 5.74) is 0.660. The van der Waals surface area contributed by atoms with Gasteiger partial charge < -0.3 is 14.2 Å². The molecule has 3 heterocycles. The number of carbonyl (C=O) groups excluding carboxylic acids is 2. The van der Waals surface area contributed by atoms with Gasteiger partial charge in [0.15, 0.2) is 0 Å². The summed E-state index contributed by atoms with van der Waals surface area (Å²) in [4.78, 5) is 25.3. The number of rotatable bonds is 7. The van der Waals surface area contributed by atoms with E-state index >= 15 is 0 Å². The zero-order valence-corrected chi connectivity index (χ0v) is 16.9. The summed E-state index contributed by atoms with van der Waals surface area (Å²) in [5, 5.41) is 15.7. The van der Waals surface area contributed by atoms with Crippen molar-refractivity contribution in [3.05, 3.63) is 78.6 Å². The van der Waals surface area contributed by atoms with Crippen LogP contribution in [-0.2, 0) is 9.59 Å². The molecule has 156 valence electrons. The zero-order valence-electron chi connectivity index (χ0n) is 16.1. The summed E-state index contributed by atoms with van der Waals surface area (Å²) in [6.07, 6.45) is 5.80. The van der Waals surface area contributed by atoms with Crippen molar-refractivity contribution in [2.24, 2.45) is 15.3 Å². The lowest BCUT2D eigenvalue weighted by molar-refractivity contribution is -0.128. The molecule has 4 rings (SSSR count). The van der Waals surface area contributed by atoms with Crippen LogP contribution in [0.15, 0.2) is 91.3 Å². The van der Waals surface area contributed by atoms with Gasteiger partial charge in [0.2, 0.25) is 11.1 Å². The predicted molar refractivity (Wildman–Crippen MR) is 118 cm³/mol. The number of furan rings is 2. The minimum atomic E-state index is -0.685. The Morgan fingerprint density at radius 3 is 2.42 bits per heavy atom. The molecule has 0 radical (unpaired) electrons. The van der Waals surface area contributed by atoms with E-state index in [9.17, 15) is 9.59 Å². The third-order valence-electron chi connectivity index (χ3n) is 4.06. The van der Waals surface area contributed by atoms with Crippen molar-refractivity contribution < 1.29 is 18.4 Å². The van der Waals surface area contributed by atoms with Gasteiger partial charge in [-0.25, -0.2) is 0 Å². The second-order valence-electron chi connectivity index (χ2n) is 6.28. The SMILES string of the molecule is O=C(CC1S/C(=N/N=C/c2ccco2)N(/N=C/c2ccco2)C1=O)Nc1ccccc1. The molecule has 9 nitrogen and oxygen atoms in total. The smallest absolute Gasteiger partial charge is 0.263 e. The van der Waals surface area contributed by atoms with Crippen molar-refractivity contribution in [1.82, 2.24) is 5.01 Å². The Balaban J connectivity index is 1.49. The Hall–Kier alpha value is -3.92. The summed E-state index contributed by atoms with van der Waals surface area (Å²) in [6.45, 7) is 0. The van der Waals surface area contributed by atoms with E-state index in [1.165, 1.54) is 25.0 Å². The molecule has 2 aromatic heterocycles. The molecule has 1 saturated heterocycles. The van der Waals surface area contributed by atoms with E-state index in [0.29, 0.717) is 17.2 Å². The largest absolute Gasteiger partial charge is 0.463 e. The molecule has 1 N–H and O–H groups in total. The Morgan fingerprint density at radius 2 is 1.74 bits per heavy atom. The highest BCUT2D eigenvalue weighted by molar-refractivity contribution is 8.15. The maximum atomic E-state index is 12.9. The highest BCUT2D eigenvalue weighted by atomic mass is 32.2. The van der Waals surface area contributed by atoms with Crippen LogP contribution in [0.5, 0.6) is 0 Å². The number of nitrogens with zero attached hydrogens (tertiary/aromatic N) is 4. The Morgan fingerprint density at radius 1 is 1.03 bits per heavy atom. The summed E-state index contributed by atoms with van der Waals surface area (Å²) in [7, 11) is 0. The first-order chi connectivity index (χ1) is 15.2. The zero-order chi connectivity index (χ0) is 21.5. The Labute approximate surface area is 181 Å². The molecule has 31 heavy (non-hydrogen) atoms. The van der Waals surface area contributed by atoms with Gasteiger partial charge >= 0.3 is 0 Å². The topological polar surface area (TPSA) is 113 Å². The molecule has 1 fully saturated rings. The maximum absolute atomic E-state index is 12.9. The number of benzene rings is 1. The van der Waals surface area contributed by atoms with E-state index in [-0.39, 0.29) is 23.4 Å². The Kier molecular flexibility index (Phi) is 6.38. The predicted octanol–water partition coefficient (Wildman–Crippen LogP) is 3.57. The lowest BCUT2D eigenvalue weighted by Gasteiger charge is -2.09. The quantitative estimate of drug-likeness (QED) is 0.450. The van der Waals surface area contributed by atoms with Gasteiger partial charge in [-0.2, -0.15) is 15.2 Å². The number of hydrogen-bond acceptors (Lipinski definition) is 8. The van der Waals surface area contributed by atoms with Crippen LogP contribution >= 0.6 is 11.8 Å². The first-order valence-corrected chi connectivity index (χ1v) is 10.1. The van der Waals surface area contributed by atoms with E-state index < -0.39 is 5.25 Å². The van der Waals surface area contributed by atoms with Crippen molar-refractivity contribution in [3.8, 4) is 0 Å². The molecule has 1 aliphatic heterocycles. The first kappa shape index (κ1) is 20.4. The molecule has 1 aliphatic rings. The van der Waals surface area contributed by atoms with E-state index in [1.54, 1.807) is 36.4 Å². The number of hydrazone groups is 1. The van der Waals surface area contributed by atoms with Gasteiger partial charge in [0.05, 0.1) is 25.0 Å². The maximum Gasteiger partial charge on any atom is 0.263 e. The van der Waals surface area contributed by atoms with Crippen molar-refractivity contribution in [1.29, 1.82) is 0 Å². The molecule has 0 spiro atoms. The van der Waals surface area contributed by atoms with Crippen molar-refractivity contribution in [3.63, 3.8) is 0 Å². The average molecular weight is 435 g/mol. The van der Waals surface area contributed by atoms with Gasteiger partial charge in [-0.3, -0.25) is 9.59 Å². The number of hydrogen-bond donors (Lipinski definition) is 1. The minimum absolute atomic E-state index is 0.0356. The molecule has 1 aromatic carbocycles. The van der Waals surface area contributed by atoms with Gasteiger partial charge in [-0.1, -0.05) is 30.0 Å². The molecule has 0 saturated carbocycles. The molecule has 0 bridgehead atoms. The van der Waals surface area contributed by atoms with E-state index in [4.69, 9.17) is 8.83 Å². The molecular weight excluding hydrogens is 418 g/mol. The van der Waals surface area contributed by atoms with Gasteiger partial charge in [-0.15, -0.1) is 5.10 Å². The van der Waals surface area contributed by atoms with Crippen LogP contribution in [0.4, 0.5) is 5.69 Å². The second kappa shape index (κ2) is 9.72. The minimum Gasteiger partial charge on any atom is -0.463 e. The standard InChI is InChI=1S/C21H17N5O4S/c27-19(24-15-6-2-1-3-7-15)12-18-20(28)26(23-14-17-9-5-11-30-17)21(31-18)25-22-13-16-8-4-10-29-16/h1-11,13-14,18H,12H2,(H,24,27)/b22-13+,23-14+,25-21+. The monoisotopic (exact) mass is 435 g/mol. The number of amidine groups is 1. The fraction of sp³-hybridized carbons (Fsp3) is 0.0952. The Bertz CT molecular complexity index is 1110. The van der Waals surface area contributed by atoms with Crippen molar-refractivity contribution >= 4 is 46.9 Å². The molecule has 10 heteroatoms. The van der Waals surface area contributed by atoms with Crippen LogP contribution in [0.3, 0.4) is 0 Å². The highest BCUT2D eigenvalue weighted by Gasteiger charge is 2.39. The molecule has 3 aromatic rings. The van der Waals surface area contributed by atoms with Crippen LogP contribution in [0.2, 0.25) is 0 Å². The third-order valence-corrected chi connectivity index (χ3v) is 5.17. The van der Waals surface area contributed by atoms with Crippen LogP contribution < -0.4 is 5.32 Å². The number of para-hydroxylation sites is 1. The lowest BCUT2D eigenvalue weighted by Crippen LogP contribution is -2.29. The van der Waals surface area contributed by atoms with Crippen molar-refractivity contribution in [2.45, 2.75) is 11.7 Å². The normalized spacial score (nSPS) is 17.9. The number of anilines is 1. The fourth-order valence-corrected chi connectivity index (χ4v) is 3.66. The number of carbonyl (C=O) groups is 2. The van der Waals surface area contributed by atoms with Gasteiger partial charge in [0, 0.05) is 12.1 Å². The van der Waals surface area contributed by atoms with Crippen LogP contribution in [0.25, 0.3) is 0 Å². The summed E-state index contributed by atoms with van der Waals surface area (Å²) >= 11 is 1.12. The van der Waals surface area contributed by atoms with Gasteiger partial charge in [-0.05, 0) is 36.4 Å². The van der Waals surface area contributed by atoms with Crippen LogP contribution in [0, 0.1) is 0 Å². The second-order valence-corrected chi connectivity index (χ2v) is 7.45. The van der Waals surface area contributed by atoms with Crippen LogP contribution in [-0.4, -0.2) is 39.7 Å². The third kappa shape index (κ3) is 5.37. The molecule has 0 aliphatic carbocycles. The van der Waals surface area contributed by atoms with E-state index in [1.807, 2.05) is 18.2 Å². The first-order valence-electron chi connectivity index (χ1n) is 9.26. The molecule has 1 unspecified atom stereocenters. The molecule has 1 atom stereocenters. The van der Waals surface area contributed by atoms with E-state index in [2.05, 4.69) is 20.6 Å².